The van der Waals surface area contributed by atoms with E-state index in [1.807, 2.05) is 0 Å². The molecule has 8 atom stereocenters. The number of ether oxygens (including phenoxy) is 6. The van der Waals surface area contributed by atoms with Crippen LogP contribution < -0.4 is 0 Å². The number of furan rings is 2. The third kappa shape index (κ3) is 5.19. The van der Waals surface area contributed by atoms with Gasteiger partial charge in [0, 0.05) is 33.1 Å². The highest BCUT2D eigenvalue weighted by atomic mass is 16.6. The Labute approximate surface area is 258 Å². The van der Waals surface area contributed by atoms with Gasteiger partial charge in [0.1, 0.15) is 30.3 Å². The van der Waals surface area contributed by atoms with Crippen molar-refractivity contribution in [1.29, 1.82) is 0 Å². The zero-order valence-corrected chi connectivity index (χ0v) is 25.7. The fourth-order valence-electron chi connectivity index (χ4n) is 7.59. The van der Waals surface area contributed by atoms with Gasteiger partial charge in [0.15, 0.2) is 11.7 Å². The molecule has 2 aromatic heterocycles. The van der Waals surface area contributed by atoms with E-state index in [4.69, 9.17) is 37.3 Å². The van der Waals surface area contributed by atoms with E-state index >= 15 is 0 Å². The first-order valence-corrected chi connectivity index (χ1v) is 14.4. The zero-order chi connectivity index (χ0) is 32.9. The zero-order valence-electron chi connectivity index (χ0n) is 25.7. The number of rotatable bonds is 8. The lowest BCUT2D eigenvalue weighted by Gasteiger charge is -2.65. The van der Waals surface area contributed by atoms with E-state index in [0.717, 1.165) is 20.8 Å². The SMILES string of the molecule is CC(=O)OC[C@]12[C@@H](OC(=O)c3ccco3)CC3[C@@H](OC(=O)c4ccco4)C1(OC3(C)C)[C@@](C)(O)C[C@H](OC(C)=O)[C@@H]2OC(C)=O. The van der Waals surface area contributed by atoms with Gasteiger partial charge in [0.2, 0.25) is 11.5 Å². The number of fused-ring (bicyclic) bond motifs is 1. The van der Waals surface area contributed by atoms with Gasteiger partial charge >= 0.3 is 29.8 Å². The molecule has 1 N–H and O–H groups in total. The van der Waals surface area contributed by atoms with E-state index in [2.05, 4.69) is 0 Å². The van der Waals surface area contributed by atoms with Crippen LogP contribution in [0.3, 0.4) is 0 Å². The van der Waals surface area contributed by atoms with E-state index in [1.54, 1.807) is 13.8 Å². The molecule has 14 nitrogen and oxygen atoms in total. The summed E-state index contributed by atoms with van der Waals surface area (Å²) in [4.78, 5) is 64.4. The predicted molar refractivity (Wildman–Crippen MR) is 147 cm³/mol. The summed E-state index contributed by atoms with van der Waals surface area (Å²) in [5, 5.41) is 12.5. The molecule has 3 heterocycles. The summed E-state index contributed by atoms with van der Waals surface area (Å²) < 4.78 is 46.6. The molecular formula is C31H36O14. The van der Waals surface area contributed by atoms with E-state index in [0.29, 0.717) is 0 Å². The second-order valence-electron chi connectivity index (χ2n) is 12.4. The number of esters is 5. The van der Waals surface area contributed by atoms with Crippen LogP contribution in [0.25, 0.3) is 0 Å². The molecule has 2 aromatic rings. The molecule has 1 saturated heterocycles. The van der Waals surface area contributed by atoms with Crippen LogP contribution in [0.1, 0.15) is 75.5 Å². The summed E-state index contributed by atoms with van der Waals surface area (Å²) in [5.41, 5.74) is -7.39. The topological polar surface area (TPSA) is 187 Å². The van der Waals surface area contributed by atoms with Gasteiger partial charge in [-0.2, -0.15) is 0 Å². The second kappa shape index (κ2) is 11.3. The monoisotopic (exact) mass is 632 g/mol. The Bertz CT molecular complexity index is 1460. The van der Waals surface area contributed by atoms with Crippen molar-refractivity contribution < 1.29 is 66.3 Å². The quantitative estimate of drug-likeness (QED) is 0.330. The van der Waals surface area contributed by atoms with Crippen molar-refractivity contribution in [2.24, 2.45) is 11.3 Å². The van der Waals surface area contributed by atoms with E-state index < -0.39 is 89.0 Å². The lowest BCUT2D eigenvalue weighted by molar-refractivity contribution is -0.354. The van der Waals surface area contributed by atoms with Gasteiger partial charge in [-0.15, -0.1) is 0 Å². The number of carbonyl (C=O) groups is 5. The van der Waals surface area contributed by atoms with Crippen LogP contribution in [-0.4, -0.2) is 82.8 Å². The molecule has 0 radical (unpaired) electrons. The fourth-order valence-corrected chi connectivity index (χ4v) is 7.59. The highest BCUT2D eigenvalue weighted by molar-refractivity contribution is 5.87. The Morgan fingerprint density at radius 2 is 1.40 bits per heavy atom. The average Bonchev–Trinajstić information content (AvgIpc) is 3.68. The molecule has 45 heavy (non-hydrogen) atoms. The maximum absolute atomic E-state index is 13.5. The van der Waals surface area contributed by atoms with E-state index in [1.165, 1.54) is 43.7 Å². The second-order valence-corrected chi connectivity index (χ2v) is 12.4. The number of hydrogen-bond donors (Lipinski definition) is 1. The average molecular weight is 633 g/mol. The van der Waals surface area contributed by atoms with Crippen molar-refractivity contribution in [1.82, 2.24) is 0 Å². The third-order valence-electron chi connectivity index (χ3n) is 9.11. The first-order chi connectivity index (χ1) is 21.1. The molecule has 2 saturated carbocycles. The Balaban J connectivity index is 1.79. The third-order valence-corrected chi connectivity index (χ3v) is 9.11. The fraction of sp³-hybridized carbons (Fsp3) is 0.581. The minimum absolute atomic E-state index is 0.0980. The molecule has 2 bridgehead atoms. The lowest BCUT2D eigenvalue weighted by atomic mass is 9.46. The van der Waals surface area contributed by atoms with Gasteiger partial charge in [-0.3, -0.25) is 14.4 Å². The van der Waals surface area contributed by atoms with Crippen LogP contribution in [0.15, 0.2) is 45.6 Å². The largest absolute Gasteiger partial charge is 0.465 e. The summed E-state index contributed by atoms with van der Waals surface area (Å²) in [6, 6.07) is 5.76. The molecule has 14 heteroatoms. The highest BCUT2D eigenvalue weighted by Crippen LogP contribution is 2.69. The van der Waals surface area contributed by atoms with Crippen molar-refractivity contribution in [2.75, 3.05) is 6.61 Å². The first-order valence-electron chi connectivity index (χ1n) is 14.4. The summed E-state index contributed by atoms with van der Waals surface area (Å²) >= 11 is 0. The minimum Gasteiger partial charge on any atom is -0.465 e. The van der Waals surface area contributed by atoms with Gasteiger partial charge in [-0.05, 0) is 51.5 Å². The van der Waals surface area contributed by atoms with Crippen LogP contribution in [-0.2, 0) is 42.8 Å². The molecule has 2 unspecified atom stereocenters. The minimum atomic E-state index is -2.10. The van der Waals surface area contributed by atoms with Gasteiger partial charge in [0.25, 0.3) is 0 Å². The molecule has 3 fully saturated rings. The maximum atomic E-state index is 13.5. The Hall–Kier alpha value is -4.17. The Kier molecular flexibility index (Phi) is 8.11. The summed E-state index contributed by atoms with van der Waals surface area (Å²) in [5.74, 6) is -5.19. The normalized spacial score (nSPS) is 34.6. The smallest absolute Gasteiger partial charge is 0.374 e. The molecule has 0 amide bonds. The van der Waals surface area contributed by atoms with Crippen LogP contribution >= 0.6 is 0 Å². The number of aliphatic hydroxyl groups is 1. The molecular weight excluding hydrogens is 596 g/mol. The number of carbonyl (C=O) groups excluding carboxylic acids is 5. The van der Waals surface area contributed by atoms with Crippen molar-refractivity contribution in [3.8, 4) is 0 Å². The standard InChI is InChI=1S/C31H36O14/c1-16(32)40-15-30-23(43-26(35)20-9-7-11-38-20)13-19-24(44-27(36)21-10-8-12-39-21)31(30,45-28(19,4)5)29(6,37)14-22(41-17(2)33)25(30)42-18(3)34/h7-12,19,22-25,37H,13-15H2,1-6H3/t19?,22-,23-,24+,25-,29-,30+,31?/m0/s1. The highest BCUT2D eigenvalue weighted by Gasteiger charge is 2.86. The van der Waals surface area contributed by atoms with Crippen LogP contribution in [0.2, 0.25) is 0 Å². The molecule has 1 aliphatic heterocycles. The predicted octanol–water partition coefficient (Wildman–Crippen LogP) is 2.76. The first kappa shape index (κ1) is 32.2. The van der Waals surface area contributed by atoms with Gasteiger partial charge in [0.05, 0.1) is 23.7 Å². The Morgan fingerprint density at radius 3 is 1.91 bits per heavy atom. The van der Waals surface area contributed by atoms with Crippen LogP contribution in [0.5, 0.6) is 0 Å². The molecule has 0 aromatic carbocycles. The van der Waals surface area contributed by atoms with E-state index in [-0.39, 0.29) is 24.4 Å². The summed E-state index contributed by atoms with van der Waals surface area (Å²) in [7, 11) is 0. The molecule has 1 spiro atoms. The summed E-state index contributed by atoms with van der Waals surface area (Å²) in [6.45, 7) is 7.52. The van der Waals surface area contributed by atoms with Gasteiger partial charge in [-0.1, -0.05) is 0 Å². The molecule has 2 aliphatic carbocycles. The van der Waals surface area contributed by atoms with Crippen molar-refractivity contribution in [2.45, 2.75) is 95.6 Å². The van der Waals surface area contributed by atoms with Crippen LogP contribution in [0, 0.1) is 11.3 Å². The molecule has 5 rings (SSSR count). The lowest BCUT2D eigenvalue weighted by Crippen LogP contribution is -2.83. The van der Waals surface area contributed by atoms with Gasteiger partial charge < -0.3 is 42.4 Å². The van der Waals surface area contributed by atoms with Crippen molar-refractivity contribution in [3.05, 3.63) is 48.3 Å². The number of hydrogen-bond acceptors (Lipinski definition) is 14. The van der Waals surface area contributed by atoms with Crippen molar-refractivity contribution in [3.63, 3.8) is 0 Å². The molecule has 3 aliphatic rings. The Morgan fingerprint density at radius 1 is 0.822 bits per heavy atom. The van der Waals surface area contributed by atoms with Crippen LogP contribution in [0.4, 0.5) is 0 Å². The molecule has 244 valence electrons. The van der Waals surface area contributed by atoms with E-state index in [9.17, 15) is 29.1 Å². The summed E-state index contributed by atoms with van der Waals surface area (Å²) in [6.07, 6.45) is -3.47. The maximum Gasteiger partial charge on any atom is 0.374 e. The van der Waals surface area contributed by atoms with Crippen molar-refractivity contribution >= 4 is 29.8 Å². The van der Waals surface area contributed by atoms with Gasteiger partial charge in [-0.25, -0.2) is 9.59 Å².